The summed E-state index contributed by atoms with van der Waals surface area (Å²) >= 11 is 0. The number of carbonyl (C=O) groups is 6. The molecular weight excluding hydrogens is 1150 g/mol. The van der Waals surface area contributed by atoms with Gasteiger partial charge in [0.1, 0.15) is 73.1 Å². The van der Waals surface area contributed by atoms with Gasteiger partial charge in [0.05, 0.1) is 32.5 Å². The Bertz CT molecular complexity index is 2040. The van der Waals surface area contributed by atoms with Gasteiger partial charge in [0.25, 0.3) is 0 Å². The molecule has 3 aliphatic heterocycles. The van der Waals surface area contributed by atoms with E-state index in [1.165, 1.54) is 20.8 Å². The molecule has 0 saturated carbocycles. The summed E-state index contributed by atoms with van der Waals surface area (Å²) in [6.45, 7) is 3.92. The Balaban J connectivity index is 1.64. The number of hydrogen-bond acceptors (Lipinski definition) is 25. The Kier molecular flexibility index (Phi) is 35.6. The van der Waals surface area contributed by atoms with Crippen molar-refractivity contribution in [1.29, 1.82) is 0 Å². The number of unbranched alkanes of at least 4 members (excludes halogenated alkanes) is 3. The molecule has 16 N–H and O–H groups in total. The minimum Gasteiger partial charge on any atom is -0.394 e. The number of ether oxygens (including phenoxy) is 6. The summed E-state index contributed by atoms with van der Waals surface area (Å²) < 4.78 is 50.5. The van der Waals surface area contributed by atoms with Crippen LogP contribution < -0.4 is 26.6 Å². The Morgan fingerprint density at radius 1 is 0.518 bits per heavy atom. The van der Waals surface area contributed by atoms with Gasteiger partial charge in [-0.1, -0.05) is 0 Å². The second-order valence-corrected chi connectivity index (χ2v) is 23.3. The highest BCUT2D eigenvalue weighted by atomic mass is 31.2. The van der Waals surface area contributed by atoms with E-state index in [0.29, 0.717) is 64.3 Å². The van der Waals surface area contributed by atoms with Crippen LogP contribution in [0.4, 0.5) is 0 Å². The van der Waals surface area contributed by atoms with Gasteiger partial charge in [-0.3, -0.25) is 33.3 Å². The molecule has 0 aliphatic carbocycles. The number of amides is 6. The van der Waals surface area contributed by atoms with Crippen LogP contribution >= 0.6 is 7.60 Å². The molecule has 3 aliphatic rings. The number of hydrogen-bond donors (Lipinski definition) is 16. The van der Waals surface area contributed by atoms with E-state index in [2.05, 4.69) is 26.6 Å². The normalized spacial score (nSPS) is 28.8. The van der Waals surface area contributed by atoms with E-state index < -0.39 is 143 Å². The third-order valence-corrected chi connectivity index (χ3v) is 14.8. The molecule has 0 aromatic carbocycles. The van der Waals surface area contributed by atoms with Gasteiger partial charge >= 0.3 is 7.60 Å². The van der Waals surface area contributed by atoms with Crippen molar-refractivity contribution in [2.75, 3.05) is 98.7 Å². The monoisotopic (exact) mass is 1250 g/mol. The summed E-state index contributed by atoms with van der Waals surface area (Å²) in [5, 5.41) is 115. The van der Waals surface area contributed by atoms with E-state index in [4.69, 9.17) is 32.9 Å². The maximum atomic E-state index is 13.9. The SMILES string of the molecule is CC(=O)NC1[C@H](OCCCCC(=O)NCCCN(CCCN(CCCNCC(O)COP(C)(=O)O)C(=O)CCCCO[C@@H]2OC(CO)[C@H](O)[C@H](O)C2NC(C)=O)C(=O)CCCCO[C@@H]2OC(CO)[C@H](O)[C@H](O)C2NC(C)=O)OC(CO)[C@H](O)[C@@H]1O. The van der Waals surface area contributed by atoms with Gasteiger partial charge in [0.15, 0.2) is 18.9 Å². The number of carbonyl (C=O) groups excluding carboxylic acids is 6. The fourth-order valence-electron chi connectivity index (χ4n) is 9.61. The largest absolute Gasteiger partial charge is 0.394 e. The lowest BCUT2D eigenvalue weighted by molar-refractivity contribution is -0.270. The predicted molar refractivity (Wildman–Crippen MR) is 296 cm³/mol. The molecule has 3 heterocycles. The first-order valence-electron chi connectivity index (χ1n) is 29.0. The second-order valence-electron chi connectivity index (χ2n) is 21.4. The molecule has 3 saturated heterocycles. The van der Waals surface area contributed by atoms with E-state index >= 15 is 0 Å². The van der Waals surface area contributed by atoms with Crippen molar-refractivity contribution in [3.63, 3.8) is 0 Å². The average molecular weight is 1250 g/mol. The molecular formula is C52H96N7O25P. The number of rotatable bonds is 41. The quantitative estimate of drug-likeness (QED) is 0.0200. The molecule has 494 valence electrons. The van der Waals surface area contributed by atoms with Crippen LogP contribution in [0, 0.1) is 0 Å². The molecule has 0 bridgehead atoms. The zero-order chi connectivity index (χ0) is 63.2. The van der Waals surface area contributed by atoms with Crippen LogP contribution in [0.3, 0.4) is 0 Å². The van der Waals surface area contributed by atoms with Crippen LogP contribution in [0.2, 0.25) is 0 Å². The Labute approximate surface area is 495 Å². The van der Waals surface area contributed by atoms with Gasteiger partial charge in [-0.15, -0.1) is 0 Å². The van der Waals surface area contributed by atoms with Crippen LogP contribution in [0.25, 0.3) is 0 Å². The van der Waals surface area contributed by atoms with E-state index in [1.54, 1.807) is 9.80 Å². The summed E-state index contributed by atoms with van der Waals surface area (Å²) in [5.74, 6) is -2.30. The molecule has 0 aromatic rings. The maximum Gasteiger partial charge on any atom is 0.325 e. The van der Waals surface area contributed by atoms with Gasteiger partial charge < -0.3 is 125 Å². The Hall–Kier alpha value is -3.71. The summed E-state index contributed by atoms with van der Waals surface area (Å²) in [4.78, 5) is 88.8. The lowest BCUT2D eigenvalue weighted by Crippen LogP contribution is -2.64. The molecule has 3 fully saturated rings. The van der Waals surface area contributed by atoms with Crippen LogP contribution in [-0.2, 0) is 66.3 Å². The second kappa shape index (κ2) is 40.0. The first-order chi connectivity index (χ1) is 40.3. The maximum absolute atomic E-state index is 13.9. The molecule has 33 heteroatoms. The summed E-state index contributed by atoms with van der Waals surface area (Å²) in [7, 11) is -3.81. The lowest BCUT2D eigenvalue weighted by Gasteiger charge is -2.42. The molecule has 0 radical (unpaired) electrons. The van der Waals surface area contributed by atoms with Crippen LogP contribution in [0.5, 0.6) is 0 Å². The molecule has 8 unspecified atom stereocenters. The summed E-state index contributed by atoms with van der Waals surface area (Å²) in [5.41, 5.74) is 0. The minimum absolute atomic E-state index is 0.00814. The average Bonchev–Trinajstić information content (AvgIpc) is 3.62. The van der Waals surface area contributed by atoms with E-state index in [-0.39, 0.29) is 103 Å². The molecule has 85 heavy (non-hydrogen) atoms. The van der Waals surface area contributed by atoms with Crippen molar-refractivity contribution < 1.29 is 122 Å². The van der Waals surface area contributed by atoms with Gasteiger partial charge in [-0.2, -0.15) is 0 Å². The molecule has 0 aromatic heterocycles. The first kappa shape index (κ1) is 75.5. The van der Waals surface area contributed by atoms with Gasteiger partial charge in [0, 0.05) is 106 Å². The van der Waals surface area contributed by atoms with Gasteiger partial charge in [0.2, 0.25) is 35.4 Å². The summed E-state index contributed by atoms with van der Waals surface area (Å²) in [6, 6.07) is -3.40. The first-order valence-corrected chi connectivity index (χ1v) is 31.0. The molecule has 17 atom stereocenters. The van der Waals surface area contributed by atoms with Gasteiger partial charge in [-0.25, -0.2) is 0 Å². The fraction of sp³-hybridized carbons (Fsp3) is 0.885. The summed E-state index contributed by atoms with van der Waals surface area (Å²) in [6.07, 6.45) is -13.8. The highest BCUT2D eigenvalue weighted by molar-refractivity contribution is 7.51. The van der Waals surface area contributed by atoms with Crippen molar-refractivity contribution >= 4 is 43.0 Å². The topological polar surface area (TPSA) is 473 Å². The molecule has 0 spiro atoms. The smallest absolute Gasteiger partial charge is 0.325 e. The van der Waals surface area contributed by atoms with Crippen molar-refractivity contribution in [2.24, 2.45) is 0 Å². The standard InChI is InChI=1S/C52H96N7O25P/c1-31(63)55-41-47(73)44(70)35(27-60)82-50(41)78-23-8-5-14-38(67)54-18-12-20-59(40(69)16-7-10-25-80-52-43(57-33(3)65)49(75)46(72)37(29-62)84-52)22-13-21-58(19-11-17-53-26-34(66)30-81-85(4,76)77)39(68)15-6-9-24-79-51-42(56-32(2)64)48(74)45(71)36(28-61)83-51/h34-37,41-53,60-62,66,70-75H,5-30H2,1-4H3,(H,54,67)(H,55,63)(H,56,64)(H,57,65)(H,76,77)/t34?,35?,36?,37?,41?,42?,43?,44-,45-,46-,47+,48+,49+,50+,51+,52+/m0/s1. The number of aliphatic hydroxyl groups is 10. The molecule has 3 rings (SSSR count). The highest BCUT2D eigenvalue weighted by Crippen LogP contribution is 2.36. The van der Waals surface area contributed by atoms with Crippen molar-refractivity contribution in [3.05, 3.63) is 0 Å². The third-order valence-electron chi connectivity index (χ3n) is 14.1. The number of aliphatic hydroxyl groups excluding tert-OH is 10. The lowest BCUT2D eigenvalue weighted by atomic mass is 9.97. The Morgan fingerprint density at radius 3 is 1.22 bits per heavy atom. The van der Waals surface area contributed by atoms with Crippen LogP contribution in [0.1, 0.15) is 97.8 Å². The molecule has 32 nitrogen and oxygen atoms in total. The van der Waals surface area contributed by atoms with Crippen molar-refractivity contribution in [2.45, 2.75) is 196 Å². The van der Waals surface area contributed by atoms with Gasteiger partial charge in [-0.05, 0) is 64.3 Å². The van der Waals surface area contributed by atoms with Crippen molar-refractivity contribution in [1.82, 2.24) is 36.4 Å². The van der Waals surface area contributed by atoms with Crippen LogP contribution in [-0.4, -0.2) is 298 Å². The zero-order valence-electron chi connectivity index (χ0n) is 49.1. The zero-order valence-corrected chi connectivity index (χ0v) is 50.0. The van der Waals surface area contributed by atoms with Crippen molar-refractivity contribution in [3.8, 4) is 0 Å². The highest BCUT2D eigenvalue weighted by Gasteiger charge is 2.48. The predicted octanol–water partition coefficient (Wildman–Crippen LogP) is -5.90. The fourth-order valence-corrected chi connectivity index (χ4v) is 10.1. The number of nitrogens with one attached hydrogen (secondary N) is 5. The minimum atomic E-state index is -3.81. The van der Waals surface area contributed by atoms with Crippen LogP contribution in [0.15, 0.2) is 0 Å². The van der Waals surface area contributed by atoms with E-state index in [9.17, 15) is 89.3 Å². The number of nitrogens with zero attached hydrogens (tertiary/aromatic N) is 2. The Morgan fingerprint density at radius 2 is 0.871 bits per heavy atom. The molecule has 6 amide bonds. The van der Waals surface area contributed by atoms with E-state index in [1.807, 2.05) is 0 Å². The van der Waals surface area contributed by atoms with E-state index in [0.717, 1.165) is 6.66 Å². The third kappa shape index (κ3) is 27.7.